The lowest BCUT2D eigenvalue weighted by atomic mass is 10.2. The van der Waals surface area contributed by atoms with Crippen molar-refractivity contribution >= 4 is 22.5 Å². The summed E-state index contributed by atoms with van der Waals surface area (Å²) in [6.07, 6.45) is 3.90. The summed E-state index contributed by atoms with van der Waals surface area (Å²) in [6.45, 7) is 2.50. The van der Waals surface area contributed by atoms with Crippen LogP contribution in [-0.2, 0) is 16.0 Å². The molecule has 18 heavy (non-hydrogen) atoms. The molecule has 0 atom stereocenters. The van der Waals surface area contributed by atoms with Crippen LogP contribution in [0.3, 0.4) is 0 Å². The average molecular weight is 266 g/mol. The van der Waals surface area contributed by atoms with Crippen LogP contribution in [0.4, 0.5) is 0 Å². The Hall–Kier alpha value is -1.03. The second kappa shape index (κ2) is 5.31. The molecule has 1 fully saturated rings. The highest BCUT2D eigenvalue weighted by Crippen LogP contribution is 2.21. The Morgan fingerprint density at radius 1 is 1.22 bits per heavy atom. The SMILES string of the molecule is Clc1ccc2ccn(CCC3OCCCO3)c2c1. The summed E-state index contributed by atoms with van der Waals surface area (Å²) in [4.78, 5) is 0. The van der Waals surface area contributed by atoms with Crippen molar-refractivity contribution in [1.29, 1.82) is 0 Å². The van der Waals surface area contributed by atoms with E-state index in [1.165, 1.54) is 10.9 Å². The van der Waals surface area contributed by atoms with Gasteiger partial charge >= 0.3 is 0 Å². The molecule has 0 radical (unpaired) electrons. The van der Waals surface area contributed by atoms with Gasteiger partial charge in [-0.15, -0.1) is 0 Å². The van der Waals surface area contributed by atoms with Gasteiger partial charge in [0, 0.05) is 29.7 Å². The summed E-state index contributed by atoms with van der Waals surface area (Å²) in [7, 11) is 0. The number of aryl methyl sites for hydroxylation is 1. The minimum Gasteiger partial charge on any atom is -0.353 e. The molecule has 96 valence electrons. The van der Waals surface area contributed by atoms with Crippen molar-refractivity contribution < 1.29 is 9.47 Å². The summed E-state index contributed by atoms with van der Waals surface area (Å²) in [5.41, 5.74) is 1.17. The van der Waals surface area contributed by atoms with Gasteiger partial charge in [-0.25, -0.2) is 0 Å². The molecule has 0 spiro atoms. The Kier molecular flexibility index (Phi) is 3.55. The normalized spacial score (nSPS) is 17.4. The zero-order valence-electron chi connectivity index (χ0n) is 10.1. The van der Waals surface area contributed by atoms with Crippen LogP contribution >= 0.6 is 11.6 Å². The zero-order valence-corrected chi connectivity index (χ0v) is 10.9. The molecule has 0 amide bonds. The van der Waals surface area contributed by atoms with E-state index in [2.05, 4.69) is 16.8 Å². The fraction of sp³-hybridized carbons (Fsp3) is 0.429. The molecule has 2 heterocycles. The molecule has 0 aliphatic carbocycles. The lowest BCUT2D eigenvalue weighted by Gasteiger charge is -2.23. The molecular weight excluding hydrogens is 250 g/mol. The maximum atomic E-state index is 6.03. The average Bonchev–Trinajstić information content (AvgIpc) is 2.80. The van der Waals surface area contributed by atoms with Crippen LogP contribution in [0.15, 0.2) is 30.5 Å². The van der Waals surface area contributed by atoms with E-state index in [9.17, 15) is 0 Å². The lowest BCUT2D eigenvalue weighted by molar-refractivity contribution is -0.182. The second-order valence-electron chi connectivity index (χ2n) is 4.53. The van der Waals surface area contributed by atoms with Crippen molar-refractivity contribution in [3.8, 4) is 0 Å². The maximum Gasteiger partial charge on any atom is 0.159 e. The Morgan fingerprint density at radius 2 is 2.06 bits per heavy atom. The van der Waals surface area contributed by atoms with Crippen LogP contribution in [-0.4, -0.2) is 24.1 Å². The minimum absolute atomic E-state index is 0.0598. The molecule has 1 saturated heterocycles. The van der Waals surface area contributed by atoms with Gasteiger partial charge in [0.05, 0.1) is 13.2 Å². The van der Waals surface area contributed by atoms with Crippen LogP contribution in [0.1, 0.15) is 12.8 Å². The number of benzene rings is 1. The van der Waals surface area contributed by atoms with Gasteiger partial charge in [0.25, 0.3) is 0 Å². The van der Waals surface area contributed by atoms with Gasteiger partial charge in [0.1, 0.15) is 0 Å². The summed E-state index contributed by atoms with van der Waals surface area (Å²) in [5, 5.41) is 1.98. The summed E-state index contributed by atoms with van der Waals surface area (Å²) < 4.78 is 13.3. The van der Waals surface area contributed by atoms with E-state index in [0.29, 0.717) is 0 Å². The van der Waals surface area contributed by atoms with Gasteiger partial charge in [0.15, 0.2) is 6.29 Å². The minimum atomic E-state index is -0.0598. The summed E-state index contributed by atoms with van der Waals surface area (Å²) >= 11 is 6.03. The fourth-order valence-corrected chi connectivity index (χ4v) is 2.47. The number of aromatic nitrogens is 1. The largest absolute Gasteiger partial charge is 0.353 e. The topological polar surface area (TPSA) is 23.4 Å². The molecule has 1 aromatic heterocycles. The number of ether oxygens (including phenoxy) is 2. The monoisotopic (exact) mass is 265 g/mol. The molecule has 0 unspecified atom stereocenters. The predicted molar refractivity (Wildman–Crippen MR) is 71.9 cm³/mol. The second-order valence-corrected chi connectivity index (χ2v) is 4.96. The van der Waals surface area contributed by atoms with Crippen molar-refractivity contribution in [3.05, 3.63) is 35.5 Å². The first-order chi connectivity index (χ1) is 8.83. The summed E-state index contributed by atoms with van der Waals surface area (Å²) in [6, 6.07) is 8.07. The predicted octanol–water partition coefficient (Wildman–Crippen LogP) is 3.45. The summed E-state index contributed by atoms with van der Waals surface area (Å²) in [5.74, 6) is 0. The first-order valence-electron chi connectivity index (χ1n) is 6.30. The standard InChI is InChI=1S/C14H16ClNO2/c15-12-3-2-11-4-6-16(13(11)10-12)7-5-14-17-8-1-9-18-14/h2-4,6,10,14H,1,5,7-9H2. The third-order valence-corrected chi connectivity index (χ3v) is 3.47. The van der Waals surface area contributed by atoms with E-state index in [-0.39, 0.29) is 6.29 Å². The van der Waals surface area contributed by atoms with Gasteiger partial charge in [-0.05, 0) is 30.0 Å². The molecule has 1 aromatic carbocycles. The van der Waals surface area contributed by atoms with E-state index in [1.54, 1.807) is 0 Å². The third-order valence-electron chi connectivity index (χ3n) is 3.24. The van der Waals surface area contributed by atoms with Crippen LogP contribution in [0.5, 0.6) is 0 Å². The van der Waals surface area contributed by atoms with Crippen molar-refractivity contribution in [2.45, 2.75) is 25.7 Å². The van der Waals surface area contributed by atoms with Crippen LogP contribution < -0.4 is 0 Å². The van der Waals surface area contributed by atoms with E-state index in [1.807, 2.05) is 18.2 Å². The number of halogens is 1. The molecule has 2 aromatic rings. The smallest absolute Gasteiger partial charge is 0.159 e. The highest BCUT2D eigenvalue weighted by atomic mass is 35.5. The number of hydrogen-bond donors (Lipinski definition) is 0. The Balaban J connectivity index is 1.72. The molecular formula is C14H16ClNO2. The van der Waals surface area contributed by atoms with Crippen LogP contribution in [0, 0.1) is 0 Å². The van der Waals surface area contributed by atoms with E-state index in [0.717, 1.165) is 37.6 Å². The van der Waals surface area contributed by atoms with Gasteiger partial charge < -0.3 is 14.0 Å². The fourth-order valence-electron chi connectivity index (χ4n) is 2.30. The van der Waals surface area contributed by atoms with Gasteiger partial charge in [-0.2, -0.15) is 0 Å². The number of fused-ring (bicyclic) bond motifs is 1. The highest BCUT2D eigenvalue weighted by Gasteiger charge is 2.14. The van der Waals surface area contributed by atoms with Crippen molar-refractivity contribution in [2.75, 3.05) is 13.2 Å². The quantitative estimate of drug-likeness (QED) is 0.849. The Morgan fingerprint density at radius 3 is 2.89 bits per heavy atom. The van der Waals surface area contributed by atoms with E-state index >= 15 is 0 Å². The molecule has 4 heteroatoms. The lowest BCUT2D eigenvalue weighted by Crippen LogP contribution is -2.25. The van der Waals surface area contributed by atoms with Gasteiger partial charge in [-0.3, -0.25) is 0 Å². The highest BCUT2D eigenvalue weighted by molar-refractivity contribution is 6.31. The van der Waals surface area contributed by atoms with Crippen molar-refractivity contribution in [2.24, 2.45) is 0 Å². The van der Waals surface area contributed by atoms with Crippen molar-refractivity contribution in [1.82, 2.24) is 4.57 Å². The first kappa shape index (κ1) is 12.0. The molecule has 3 nitrogen and oxygen atoms in total. The molecule has 3 rings (SSSR count). The number of nitrogens with zero attached hydrogens (tertiary/aromatic N) is 1. The zero-order chi connectivity index (χ0) is 12.4. The third kappa shape index (κ3) is 2.53. The maximum absolute atomic E-state index is 6.03. The van der Waals surface area contributed by atoms with E-state index < -0.39 is 0 Å². The number of hydrogen-bond acceptors (Lipinski definition) is 2. The van der Waals surface area contributed by atoms with Crippen LogP contribution in [0.2, 0.25) is 5.02 Å². The Labute approximate surface area is 111 Å². The van der Waals surface area contributed by atoms with Gasteiger partial charge in [-0.1, -0.05) is 17.7 Å². The van der Waals surface area contributed by atoms with Gasteiger partial charge in [0.2, 0.25) is 0 Å². The molecule has 0 N–H and O–H groups in total. The van der Waals surface area contributed by atoms with E-state index in [4.69, 9.17) is 21.1 Å². The molecule has 0 bridgehead atoms. The molecule has 0 saturated carbocycles. The molecule has 1 aliphatic rings. The molecule has 1 aliphatic heterocycles. The Bertz CT molecular complexity index is 532. The number of rotatable bonds is 3. The van der Waals surface area contributed by atoms with Crippen molar-refractivity contribution in [3.63, 3.8) is 0 Å². The first-order valence-corrected chi connectivity index (χ1v) is 6.68. The van der Waals surface area contributed by atoms with Crippen LogP contribution in [0.25, 0.3) is 10.9 Å².